The minimum absolute atomic E-state index is 0.586. The Labute approximate surface area is 547 Å². The van der Waals surface area contributed by atoms with Gasteiger partial charge < -0.3 is 9.80 Å². The van der Waals surface area contributed by atoms with Crippen molar-refractivity contribution in [3.05, 3.63) is 407 Å². The predicted octanol–water partition coefficient (Wildman–Crippen LogP) is 24.1. The first-order chi connectivity index (χ1) is 46.6. The number of benzene rings is 16. The minimum atomic E-state index is -0.655. The summed E-state index contributed by atoms with van der Waals surface area (Å²) >= 11 is 0. The van der Waals surface area contributed by atoms with E-state index in [1.807, 2.05) is 0 Å². The van der Waals surface area contributed by atoms with E-state index >= 15 is 0 Å². The first-order valence-corrected chi connectivity index (χ1v) is 32.7. The van der Waals surface area contributed by atoms with Gasteiger partial charge in [-0.15, -0.1) is 0 Å². The number of hydrogen-bond acceptors (Lipinski definition) is 2. The molecule has 94 heavy (non-hydrogen) atoms. The van der Waals surface area contributed by atoms with Crippen molar-refractivity contribution < 1.29 is 0 Å². The smallest absolute Gasteiger partial charge is 0.0726 e. The molecule has 0 heterocycles. The van der Waals surface area contributed by atoms with Crippen LogP contribution < -0.4 is 9.80 Å². The maximum absolute atomic E-state index is 2.51. The van der Waals surface area contributed by atoms with Crippen molar-refractivity contribution in [3.63, 3.8) is 0 Å². The van der Waals surface area contributed by atoms with Crippen molar-refractivity contribution in [1.29, 1.82) is 0 Å². The van der Waals surface area contributed by atoms with Gasteiger partial charge in [0.2, 0.25) is 0 Å². The molecule has 0 saturated carbocycles. The highest BCUT2D eigenvalue weighted by molar-refractivity contribution is 6.00. The van der Waals surface area contributed by atoms with E-state index in [9.17, 15) is 0 Å². The third-order valence-corrected chi connectivity index (χ3v) is 20.6. The van der Waals surface area contributed by atoms with Crippen LogP contribution in [0, 0.1) is 0 Å². The summed E-state index contributed by atoms with van der Waals surface area (Å²) < 4.78 is 0. The lowest BCUT2D eigenvalue weighted by Crippen LogP contribution is -2.28. The van der Waals surface area contributed by atoms with Gasteiger partial charge in [0.05, 0.1) is 10.8 Å². The Morgan fingerprint density at radius 3 is 0.830 bits per heavy atom. The van der Waals surface area contributed by atoms with Crippen LogP contribution >= 0.6 is 0 Å². The van der Waals surface area contributed by atoms with Crippen LogP contribution in [-0.4, -0.2) is 0 Å². The number of hydrogen-bond donors (Lipinski definition) is 0. The first-order valence-electron chi connectivity index (χ1n) is 32.7. The van der Waals surface area contributed by atoms with Crippen molar-refractivity contribution in [3.8, 4) is 33.4 Å². The summed E-state index contributed by atoms with van der Waals surface area (Å²) in [4.78, 5) is 4.91. The van der Waals surface area contributed by atoms with Crippen molar-refractivity contribution in [2.75, 3.05) is 9.80 Å². The summed E-state index contributed by atoms with van der Waals surface area (Å²) in [6, 6.07) is 132. The third kappa shape index (κ3) is 8.16. The monoisotopic (exact) mass is 1190 g/mol. The Kier molecular flexibility index (Phi) is 12.1. The fourth-order valence-electron chi connectivity index (χ4n) is 16.5. The van der Waals surface area contributed by atoms with Crippen LogP contribution in [0.4, 0.5) is 34.1 Å². The molecule has 16 aromatic rings. The van der Waals surface area contributed by atoms with Gasteiger partial charge in [-0.1, -0.05) is 279 Å². The lowest BCUT2D eigenvalue weighted by Gasteiger charge is -2.35. The Hall–Kier alpha value is -12.1. The standard InChI is InChI=1S/C92H60N2/c1-3-27-71(28-4-1)91(72-29-5-2-6-30-72)87-53-61(37-49-81(87)83-51-47-77(59-89(83)91)93(73-43-39-63-19-7-11-23-67(63)55-73)74-44-40-64-20-8-12-24-68(64)56-74)35-36-62-38-50-82-84-52-48-78(60-90(84)92(88(82)54-62)85-33-17-15-31-79(85)80-32-16-18-34-86(80)92)94(75-45-41-65-21-9-13-25-69(65)57-75)76-46-42-66-22-10-14-26-70(66)58-76/h1-60H/b36-35+. The van der Waals surface area contributed by atoms with Gasteiger partial charge in [0.15, 0.2) is 0 Å². The summed E-state index contributed by atoms with van der Waals surface area (Å²) in [6.45, 7) is 0. The van der Waals surface area contributed by atoms with Crippen molar-refractivity contribution in [2.24, 2.45) is 0 Å². The zero-order chi connectivity index (χ0) is 61.9. The summed E-state index contributed by atoms with van der Waals surface area (Å²) in [5.41, 5.74) is 25.5. The van der Waals surface area contributed by atoms with Crippen LogP contribution in [0.25, 0.3) is 88.6 Å². The molecule has 3 aliphatic carbocycles. The van der Waals surface area contributed by atoms with Crippen molar-refractivity contribution >= 4 is 89.4 Å². The zero-order valence-corrected chi connectivity index (χ0v) is 51.5. The fourth-order valence-corrected chi connectivity index (χ4v) is 16.5. The Balaban J connectivity index is 0.761. The van der Waals surface area contributed by atoms with Gasteiger partial charge in [-0.2, -0.15) is 0 Å². The average molecular weight is 1190 g/mol. The van der Waals surface area contributed by atoms with Crippen LogP contribution in [0.3, 0.4) is 0 Å². The van der Waals surface area contributed by atoms with E-state index in [1.165, 1.54) is 121 Å². The topological polar surface area (TPSA) is 6.48 Å². The molecule has 438 valence electrons. The molecule has 0 aromatic heterocycles. The summed E-state index contributed by atoms with van der Waals surface area (Å²) in [5, 5.41) is 9.70. The molecule has 1 spiro atoms. The molecular weight excluding hydrogens is 1130 g/mol. The van der Waals surface area contributed by atoms with E-state index in [0.717, 1.165) is 45.3 Å². The van der Waals surface area contributed by atoms with Crippen LogP contribution in [0.1, 0.15) is 55.6 Å². The Morgan fingerprint density at radius 2 is 0.447 bits per heavy atom. The van der Waals surface area contributed by atoms with Gasteiger partial charge in [0.25, 0.3) is 0 Å². The maximum atomic E-state index is 2.51. The second-order valence-corrected chi connectivity index (χ2v) is 25.5. The second kappa shape index (κ2) is 21.2. The minimum Gasteiger partial charge on any atom is -0.310 e. The Morgan fingerprint density at radius 1 is 0.181 bits per heavy atom. The fraction of sp³-hybridized carbons (Fsp3) is 0.0217. The maximum Gasteiger partial charge on any atom is 0.0726 e. The van der Waals surface area contributed by atoms with Gasteiger partial charge in [0, 0.05) is 34.1 Å². The van der Waals surface area contributed by atoms with Crippen LogP contribution in [0.5, 0.6) is 0 Å². The summed E-state index contributed by atoms with van der Waals surface area (Å²) in [5.74, 6) is 0. The molecule has 0 saturated heterocycles. The van der Waals surface area contributed by atoms with Crippen molar-refractivity contribution in [1.82, 2.24) is 0 Å². The molecule has 16 aromatic carbocycles. The molecule has 2 heteroatoms. The Bertz CT molecular complexity index is 5270. The predicted molar refractivity (Wildman–Crippen MR) is 395 cm³/mol. The largest absolute Gasteiger partial charge is 0.310 e. The second-order valence-electron chi connectivity index (χ2n) is 25.5. The molecule has 3 aliphatic rings. The number of fused-ring (bicyclic) bond motifs is 17. The molecular formula is C92H60N2. The SMILES string of the molecule is C(=C\c1ccc2c(c1)C1(c3ccccc3-c3ccccc31)c1cc(N(c3ccc4ccccc4c3)c3ccc4ccccc4c3)ccc1-2)/c1ccc2c(c1)C(c1ccccc1)(c1ccccc1)c1cc(N(c3ccc4ccccc4c3)c3ccc4ccccc4c3)ccc1-2. The van der Waals surface area contributed by atoms with E-state index in [0.29, 0.717) is 0 Å². The molecule has 0 bridgehead atoms. The van der Waals surface area contributed by atoms with Gasteiger partial charge in [-0.3, -0.25) is 0 Å². The highest BCUT2D eigenvalue weighted by Crippen LogP contribution is 2.64. The van der Waals surface area contributed by atoms with Gasteiger partial charge in [-0.25, -0.2) is 0 Å². The van der Waals surface area contributed by atoms with Gasteiger partial charge in [0.1, 0.15) is 0 Å². The van der Waals surface area contributed by atoms with Gasteiger partial charge >= 0.3 is 0 Å². The average Bonchev–Trinajstić information content (AvgIpc) is 1.51. The quantitative estimate of drug-likeness (QED) is 0.126. The summed E-state index contributed by atoms with van der Waals surface area (Å²) in [6.07, 6.45) is 4.68. The lowest BCUT2D eigenvalue weighted by molar-refractivity contribution is 0.768. The molecule has 19 rings (SSSR count). The van der Waals surface area contributed by atoms with E-state index in [1.54, 1.807) is 0 Å². The van der Waals surface area contributed by atoms with Crippen LogP contribution in [-0.2, 0) is 10.8 Å². The number of anilines is 6. The molecule has 0 radical (unpaired) electrons. The van der Waals surface area contributed by atoms with E-state index in [2.05, 4.69) is 374 Å². The third-order valence-electron chi connectivity index (χ3n) is 20.6. The summed E-state index contributed by atoms with van der Waals surface area (Å²) in [7, 11) is 0. The van der Waals surface area contributed by atoms with E-state index in [4.69, 9.17) is 0 Å². The number of rotatable bonds is 10. The molecule has 0 aliphatic heterocycles. The van der Waals surface area contributed by atoms with E-state index < -0.39 is 10.8 Å². The highest BCUT2D eigenvalue weighted by Gasteiger charge is 2.52. The molecule has 0 N–H and O–H groups in total. The number of nitrogens with zero attached hydrogens (tertiary/aromatic N) is 2. The lowest BCUT2D eigenvalue weighted by atomic mass is 9.67. The zero-order valence-electron chi connectivity index (χ0n) is 51.5. The van der Waals surface area contributed by atoms with Crippen molar-refractivity contribution in [2.45, 2.75) is 10.8 Å². The normalized spacial score (nSPS) is 13.4. The molecule has 2 nitrogen and oxygen atoms in total. The molecule has 0 amide bonds. The van der Waals surface area contributed by atoms with Crippen LogP contribution in [0.2, 0.25) is 0 Å². The highest BCUT2D eigenvalue weighted by atomic mass is 15.1. The first kappa shape index (κ1) is 53.7. The van der Waals surface area contributed by atoms with E-state index in [-0.39, 0.29) is 0 Å². The molecule has 0 unspecified atom stereocenters. The molecule has 0 fully saturated rings. The van der Waals surface area contributed by atoms with Gasteiger partial charge in [-0.05, 0) is 217 Å². The molecule has 0 atom stereocenters. The van der Waals surface area contributed by atoms with Crippen LogP contribution in [0.15, 0.2) is 352 Å².